The lowest BCUT2D eigenvalue weighted by atomic mass is 10.1. The maximum absolute atomic E-state index is 4.25. The standard InChI is InChI=1S/C15H18N2/c1-10(2)13-7-5-6-8-14(13)11(3)15-9-16-12(4)17-15/h5-9H,1-4H3,(H,16,17)/b14-11+. The molecule has 1 N–H and O–H groups in total. The van der Waals surface area contributed by atoms with Crippen LogP contribution in [0.25, 0.3) is 11.1 Å². The van der Waals surface area contributed by atoms with Gasteiger partial charge in [-0.2, -0.15) is 0 Å². The third kappa shape index (κ3) is 2.31. The summed E-state index contributed by atoms with van der Waals surface area (Å²) in [7, 11) is 0. The Balaban J connectivity index is 2.80. The first kappa shape index (κ1) is 11.6. The quantitative estimate of drug-likeness (QED) is 0.793. The lowest BCUT2D eigenvalue weighted by Crippen LogP contribution is -2.27. The third-order valence-corrected chi connectivity index (χ3v) is 2.98. The van der Waals surface area contributed by atoms with Crippen molar-refractivity contribution >= 4 is 11.1 Å². The molecule has 2 aromatic rings. The van der Waals surface area contributed by atoms with Crippen molar-refractivity contribution in [3.05, 3.63) is 52.4 Å². The highest BCUT2D eigenvalue weighted by Gasteiger charge is 2.01. The van der Waals surface area contributed by atoms with Gasteiger partial charge in [0.15, 0.2) is 0 Å². The second kappa shape index (κ2) is 4.58. The molecule has 0 radical (unpaired) electrons. The number of H-pyrrole nitrogens is 1. The maximum Gasteiger partial charge on any atom is 0.103 e. The van der Waals surface area contributed by atoms with Crippen LogP contribution in [-0.4, -0.2) is 9.97 Å². The van der Waals surface area contributed by atoms with E-state index in [1.807, 2.05) is 13.1 Å². The number of benzene rings is 1. The fourth-order valence-corrected chi connectivity index (χ4v) is 2.00. The highest BCUT2D eigenvalue weighted by Crippen LogP contribution is 2.06. The smallest absolute Gasteiger partial charge is 0.103 e. The van der Waals surface area contributed by atoms with E-state index in [9.17, 15) is 0 Å². The van der Waals surface area contributed by atoms with E-state index in [2.05, 4.69) is 55.0 Å². The molecule has 0 aliphatic carbocycles. The van der Waals surface area contributed by atoms with Crippen LogP contribution < -0.4 is 10.4 Å². The lowest BCUT2D eigenvalue weighted by molar-refractivity contribution is 1.14. The van der Waals surface area contributed by atoms with Gasteiger partial charge in [-0.15, -0.1) is 0 Å². The molecule has 1 aromatic heterocycles. The van der Waals surface area contributed by atoms with Gasteiger partial charge in [-0.25, -0.2) is 4.98 Å². The fourth-order valence-electron chi connectivity index (χ4n) is 2.00. The van der Waals surface area contributed by atoms with E-state index in [1.54, 1.807) is 0 Å². The topological polar surface area (TPSA) is 28.7 Å². The molecular formula is C15H18N2. The van der Waals surface area contributed by atoms with E-state index in [0.29, 0.717) is 0 Å². The summed E-state index contributed by atoms with van der Waals surface area (Å²) in [5.41, 5.74) is 3.66. The Morgan fingerprint density at radius 3 is 2.24 bits per heavy atom. The molecule has 1 aromatic carbocycles. The molecule has 2 nitrogen and oxygen atoms in total. The molecule has 0 amide bonds. The summed E-state index contributed by atoms with van der Waals surface area (Å²) < 4.78 is 0. The molecule has 0 fully saturated rings. The monoisotopic (exact) mass is 226 g/mol. The predicted molar refractivity (Wildman–Crippen MR) is 72.0 cm³/mol. The molecule has 0 atom stereocenters. The van der Waals surface area contributed by atoms with Gasteiger partial charge in [-0.05, 0) is 43.7 Å². The highest BCUT2D eigenvalue weighted by molar-refractivity contribution is 5.61. The van der Waals surface area contributed by atoms with E-state index in [1.165, 1.54) is 21.6 Å². The van der Waals surface area contributed by atoms with E-state index < -0.39 is 0 Å². The first-order valence-electron chi connectivity index (χ1n) is 5.85. The van der Waals surface area contributed by atoms with Gasteiger partial charge in [0.1, 0.15) is 5.82 Å². The minimum absolute atomic E-state index is 0.953. The van der Waals surface area contributed by atoms with E-state index in [4.69, 9.17) is 0 Å². The van der Waals surface area contributed by atoms with Gasteiger partial charge < -0.3 is 4.98 Å². The molecule has 1 heterocycles. The van der Waals surface area contributed by atoms with Gasteiger partial charge in [0.25, 0.3) is 0 Å². The number of aryl methyl sites for hydroxylation is 1. The molecule has 0 spiro atoms. The molecule has 0 aliphatic heterocycles. The van der Waals surface area contributed by atoms with Crippen LogP contribution in [0.2, 0.25) is 0 Å². The average Bonchev–Trinajstić information content (AvgIpc) is 2.75. The molecule has 0 bridgehead atoms. The Morgan fingerprint density at radius 1 is 1.06 bits per heavy atom. The first-order chi connectivity index (χ1) is 8.09. The lowest BCUT2D eigenvalue weighted by Gasteiger charge is -2.00. The van der Waals surface area contributed by atoms with Gasteiger partial charge in [0, 0.05) is 0 Å². The normalized spacial score (nSPS) is 12.5. The number of rotatable bonds is 1. The van der Waals surface area contributed by atoms with Gasteiger partial charge in [0.05, 0.1) is 11.9 Å². The van der Waals surface area contributed by atoms with E-state index in [-0.39, 0.29) is 0 Å². The Hall–Kier alpha value is -1.83. The summed E-state index contributed by atoms with van der Waals surface area (Å²) in [6, 6.07) is 8.48. The number of aromatic nitrogens is 2. The van der Waals surface area contributed by atoms with Gasteiger partial charge in [-0.3, -0.25) is 0 Å². The number of nitrogens with one attached hydrogen (secondary N) is 1. The minimum Gasteiger partial charge on any atom is -0.343 e. The summed E-state index contributed by atoms with van der Waals surface area (Å²) >= 11 is 0. The number of aromatic amines is 1. The average molecular weight is 226 g/mol. The maximum atomic E-state index is 4.25. The third-order valence-electron chi connectivity index (χ3n) is 2.98. The molecule has 0 saturated heterocycles. The highest BCUT2D eigenvalue weighted by atomic mass is 14.9. The van der Waals surface area contributed by atoms with Gasteiger partial charge >= 0.3 is 0 Å². The molecule has 0 unspecified atom stereocenters. The van der Waals surface area contributed by atoms with Crippen LogP contribution in [0, 0.1) is 6.92 Å². The predicted octanol–water partition coefficient (Wildman–Crippen LogP) is 2.13. The SMILES string of the molecule is CC(C)=c1cccc/c1=C(/C)c1cnc(C)[nH]1. The Kier molecular flexibility index (Phi) is 3.14. The van der Waals surface area contributed by atoms with Crippen molar-refractivity contribution in [2.75, 3.05) is 0 Å². The van der Waals surface area contributed by atoms with Crippen LogP contribution in [0.5, 0.6) is 0 Å². The Bertz CT molecular complexity index is 644. The summed E-state index contributed by atoms with van der Waals surface area (Å²) in [5.74, 6) is 0.953. The first-order valence-corrected chi connectivity index (χ1v) is 5.85. The van der Waals surface area contributed by atoms with Crippen molar-refractivity contribution < 1.29 is 0 Å². The summed E-state index contributed by atoms with van der Waals surface area (Å²) in [6.07, 6.45) is 1.90. The number of hydrogen-bond donors (Lipinski definition) is 1. The van der Waals surface area contributed by atoms with Crippen LogP contribution in [0.15, 0.2) is 30.5 Å². The van der Waals surface area contributed by atoms with Crippen LogP contribution in [0.3, 0.4) is 0 Å². The van der Waals surface area contributed by atoms with Crippen molar-refractivity contribution in [3.63, 3.8) is 0 Å². The zero-order valence-electron chi connectivity index (χ0n) is 10.8. The largest absolute Gasteiger partial charge is 0.343 e. The fraction of sp³-hybridized carbons (Fsp3) is 0.267. The summed E-state index contributed by atoms with van der Waals surface area (Å²) in [5, 5.41) is 2.58. The zero-order chi connectivity index (χ0) is 12.4. The van der Waals surface area contributed by atoms with Crippen molar-refractivity contribution in [1.29, 1.82) is 0 Å². The van der Waals surface area contributed by atoms with Crippen molar-refractivity contribution in [3.8, 4) is 0 Å². The van der Waals surface area contributed by atoms with Crippen molar-refractivity contribution in [1.82, 2.24) is 9.97 Å². The molecular weight excluding hydrogens is 208 g/mol. The number of hydrogen-bond acceptors (Lipinski definition) is 1. The van der Waals surface area contributed by atoms with Gasteiger partial charge in [-0.1, -0.05) is 29.8 Å². The molecule has 17 heavy (non-hydrogen) atoms. The van der Waals surface area contributed by atoms with Crippen LogP contribution >= 0.6 is 0 Å². The second-order valence-corrected chi connectivity index (χ2v) is 4.55. The van der Waals surface area contributed by atoms with E-state index >= 15 is 0 Å². The summed E-state index contributed by atoms with van der Waals surface area (Å²) in [6.45, 7) is 8.39. The second-order valence-electron chi connectivity index (χ2n) is 4.55. The number of nitrogens with zero attached hydrogens (tertiary/aromatic N) is 1. The number of imidazole rings is 1. The van der Waals surface area contributed by atoms with Crippen LogP contribution in [0.1, 0.15) is 32.3 Å². The van der Waals surface area contributed by atoms with Crippen LogP contribution in [-0.2, 0) is 0 Å². The molecule has 0 saturated carbocycles. The van der Waals surface area contributed by atoms with Gasteiger partial charge in [0.2, 0.25) is 0 Å². The van der Waals surface area contributed by atoms with Crippen molar-refractivity contribution in [2.45, 2.75) is 27.7 Å². The zero-order valence-corrected chi connectivity index (χ0v) is 10.8. The van der Waals surface area contributed by atoms with Crippen LogP contribution in [0.4, 0.5) is 0 Å². The Labute approximate surface area is 102 Å². The van der Waals surface area contributed by atoms with Crippen molar-refractivity contribution in [2.24, 2.45) is 0 Å². The molecule has 2 heteroatoms. The van der Waals surface area contributed by atoms with E-state index in [0.717, 1.165) is 11.5 Å². The molecule has 2 rings (SSSR count). The Morgan fingerprint density at radius 2 is 1.71 bits per heavy atom. The molecule has 0 aliphatic rings. The molecule has 88 valence electrons. The summed E-state index contributed by atoms with van der Waals surface area (Å²) in [4.78, 5) is 7.54. The minimum atomic E-state index is 0.953.